The predicted octanol–water partition coefficient (Wildman–Crippen LogP) is 2.20. The predicted molar refractivity (Wildman–Crippen MR) is 45.7 cm³/mol. The molecule has 2 nitrogen and oxygen atoms in total. The van der Waals surface area contributed by atoms with Crippen LogP contribution in [0.15, 0.2) is 0 Å². The van der Waals surface area contributed by atoms with Gasteiger partial charge in [-0.25, -0.2) is 0 Å². The van der Waals surface area contributed by atoms with Gasteiger partial charge in [0.25, 0.3) is 0 Å². The summed E-state index contributed by atoms with van der Waals surface area (Å²) in [5.41, 5.74) is 0. The molecule has 0 heterocycles. The lowest BCUT2D eigenvalue weighted by Crippen LogP contribution is -2.17. The Labute approximate surface area is 72.9 Å². The third kappa shape index (κ3) is 5.08. The van der Waals surface area contributed by atoms with E-state index in [1.54, 1.807) is 6.92 Å². The van der Waals surface area contributed by atoms with Crippen molar-refractivity contribution in [1.29, 1.82) is 0 Å². The first-order valence-electron chi connectivity index (χ1n) is 3.88. The number of hydrogen-bond acceptors (Lipinski definition) is 2. The van der Waals surface area contributed by atoms with Gasteiger partial charge in [-0.15, -0.1) is 11.6 Å². The van der Waals surface area contributed by atoms with Crippen LogP contribution in [-0.4, -0.2) is 18.0 Å². The largest absolute Gasteiger partial charge is 0.466 e. The normalized spacial score (nSPS) is 15.6. The summed E-state index contributed by atoms with van der Waals surface area (Å²) in [6.07, 6.45) is 0.681. The van der Waals surface area contributed by atoms with Crippen molar-refractivity contribution in [2.75, 3.05) is 6.61 Å². The van der Waals surface area contributed by atoms with Crippen LogP contribution in [0.5, 0.6) is 0 Å². The molecule has 0 spiro atoms. The van der Waals surface area contributed by atoms with Gasteiger partial charge in [-0.05, 0) is 20.3 Å². The number of halogens is 1. The molecule has 66 valence electrons. The van der Waals surface area contributed by atoms with Crippen molar-refractivity contribution in [2.24, 2.45) is 5.92 Å². The second-order valence-corrected chi connectivity index (χ2v) is 3.41. The lowest BCUT2D eigenvalue weighted by molar-refractivity contribution is -0.147. The lowest BCUT2D eigenvalue weighted by atomic mass is 10.1. The minimum absolute atomic E-state index is 0.0365. The molecule has 0 aliphatic carbocycles. The van der Waals surface area contributed by atoms with Crippen molar-refractivity contribution in [3.63, 3.8) is 0 Å². The first-order chi connectivity index (χ1) is 5.07. The fourth-order valence-electron chi connectivity index (χ4n) is 0.868. The van der Waals surface area contributed by atoms with Gasteiger partial charge in [0, 0.05) is 5.38 Å². The SMILES string of the molecule is CCOC(=O)C(C)CC(C)Cl. The second kappa shape index (κ2) is 5.42. The summed E-state index contributed by atoms with van der Waals surface area (Å²) in [7, 11) is 0. The highest BCUT2D eigenvalue weighted by molar-refractivity contribution is 6.20. The molecule has 0 rings (SSSR count). The molecular weight excluding hydrogens is 164 g/mol. The number of hydrogen-bond donors (Lipinski definition) is 0. The number of alkyl halides is 1. The lowest BCUT2D eigenvalue weighted by Gasteiger charge is -2.10. The van der Waals surface area contributed by atoms with Crippen LogP contribution in [-0.2, 0) is 9.53 Å². The summed E-state index contributed by atoms with van der Waals surface area (Å²) in [6, 6.07) is 0. The Kier molecular flexibility index (Phi) is 5.30. The van der Waals surface area contributed by atoms with Crippen LogP contribution in [0.4, 0.5) is 0 Å². The Bertz CT molecular complexity index is 123. The minimum atomic E-state index is -0.153. The molecule has 0 aromatic carbocycles. The van der Waals surface area contributed by atoms with Crippen molar-refractivity contribution in [2.45, 2.75) is 32.6 Å². The molecule has 0 amide bonds. The van der Waals surface area contributed by atoms with E-state index in [2.05, 4.69) is 0 Å². The van der Waals surface area contributed by atoms with Crippen LogP contribution in [0, 0.1) is 5.92 Å². The van der Waals surface area contributed by atoms with Gasteiger partial charge in [-0.2, -0.15) is 0 Å². The molecule has 3 heteroatoms. The molecule has 2 atom stereocenters. The monoisotopic (exact) mass is 178 g/mol. The van der Waals surface area contributed by atoms with E-state index in [4.69, 9.17) is 16.3 Å². The smallest absolute Gasteiger partial charge is 0.308 e. The molecule has 0 aromatic rings. The zero-order valence-corrected chi connectivity index (χ0v) is 8.02. The van der Waals surface area contributed by atoms with E-state index in [1.165, 1.54) is 0 Å². The fraction of sp³-hybridized carbons (Fsp3) is 0.875. The minimum Gasteiger partial charge on any atom is -0.466 e. The van der Waals surface area contributed by atoms with Gasteiger partial charge in [0.2, 0.25) is 0 Å². The maximum absolute atomic E-state index is 11.0. The van der Waals surface area contributed by atoms with E-state index in [-0.39, 0.29) is 17.3 Å². The Hall–Kier alpha value is -0.240. The van der Waals surface area contributed by atoms with E-state index in [0.29, 0.717) is 13.0 Å². The van der Waals surface area contributed by atoms with Crippen LogP contribution in [0.25, 0.3) is 0 Å². The highest BCUT2D eigenvalue weighted by atomic mass is 35.5. The summed E-state index contributed by atoms with van der Waals surface area (Å²) >= 11 is 5.71. The van der Waals surface area contributed by atoms with Gasteiger partial charge < -0.3 is 4.74 Å². The Morgan fingerprint density at radius 3 is 2.45 bits per heavy atom. The van der Waals surface area contributed by atoms with Gasteiger partial charge in [0.05, 0.1) is 12.5 Å². The molecule has 0 saturated carbocycles. The van der Waals surface area contributed by atoms with Gasteiger partial charge in [-0.3, -0.25) is 4.79 Å². The standard InChI is InChI=1S/C8H15ClO2/c1-4-11-8(10)6(2)5-7(3)9/h6-7H,4-5H2,1-3H3. The summed E-state index contributed by atoms with van der Waals surface area (Å²) in [4.78, 5) is 11.0. The van der Waals surface area contributed by atoms with E-state index >= 15 is 0 Å². The van der Waals surface area contributed by atoms with Crippen LogP contribution in [0.2, 0.25) is 0 Å². The Morgan fingerprint density at radius 2 is 2.09 bits per heavy atom. The first-order valence-corrected chi connectivity index (χ1v) is 4.32. The molecule has 11 heavy (non-hydrogen) atoms. The van der Waals surface area contributed by atoms with E-state index in [1.807, 2.05) is 13.8 Å². The third-order valence-electron chi connectivity index (χ3n) is 1.37. The number of esters is 1. The topological polar surface area (TPSA) is 26.3 Å². The zero-order valence-electron chi connectivity index (χ0n) is 7.26. The molecule has 0 aliphatic heterocycles. The molecule has 0 N–H and O–H groups in total. The summed E-state index contributed by atoms with van der Waals surface area (Å²) in [6.45, 7) is 5.95. The highest BCUT2D eigenvalue weighted by Crippen LogP contribution is 2.11. The van der Waals surface area contributed by atoms with Crippen molar-refractivity contribution in [1.82, 2.24) is 0 Å². The third-order valence-corrected chi connectivity index (χ3v) is 1.55. The Morgan fingerprint density at radius 1 is 1.55 bits per heavy atom. The summed E-state index contributed by atoms with van der Waals surface area (Å²) in [5, 5.41) is 0.0365. The maximum Gasteiger partial charge on any atom is 0.308 e. The molecule has 0 saturated heterocycles. The van der Waals surface area contributed by atoms with Crippen molar-refractivity contribution in [3.8, 4) is 0 Å². The van der Waals surface area contributed by atoms with Gasteiger partial charge in [0.15, 0.2) is 0 Å². The molecule has 0 radical (unpaired) electrons. The molecule has 0 fully saturated rings. The highest BCUT2D eigenvalue weighted by Gasteiger charge is 2.15. The second-order valence-electron chi connectivity index (χ2n) is 2.67. The fourth-order valence-corrected chi connectivity index (χ4v) is 1.14. The zero-order chi connectivity index (χ0) is 8.85. The average molecular weight is 179 g/mol. The Balaban J connectivity index is 3.64. The molecule has 2 unspecified atom stereocenters. The van der Waals surface area contributed by atoms with Gasteiger partial charge >= 0.3 is 5.97 Å². The average Bonchev–Trinajstić information content (AvgIpc) is 1.86. The molecule has 0 aromatic heterocycles. The van der Waals surface area contributed by atoms with Gasteiger partial charge in [-0.1, -0.05) is 6.92 Å². The van der Waals surface area contributed by atoms with E-state index < -0.39 is 0 Å². The molecule has 0 aliphatic rings. The summed E-state index contributed by atoms with van der Waals surface area (Å²) in [5.74, 6) is -0.234. The quantitative estimate of drug-likeness (QED) is 0.488. The van der Waals surface area contributed by atoms with Gasteiger partial charge in [0.1, 0.15) is 0 Å². The molecular formula is C8H15ClO2. The van der Waals surface area contributed by atoms with Crippen LogP contribution in [0.3, 0.4) is 0 Å². The number of carbonyl (C=O) groups is 1. The number of carbonyl (C=O) groups excluding carboxylic acids is 1. The van der Waals surface area contributed by atoms with E-state index in [0.717, 1.165) is 0 Å². The number of rotatable bonds is 4. The van der Waals surface area contributed by atoms with Crippen LogP contribution < -0.4 is 0 Å². The number of ether oxygens (including phenoxy) is 1. The summed E-state index contributed by atoms with van der Waals surface area (Å²) < 4.78 is 4.81. The molecule has 0 bridgehead atoms. The van der Waals surface area contributed by atoms with Crippen LogP contribution in [0.1, 0.15) is 27.2 Å². The van der Waals surface area contributed by atoms with Crippen molar-refractivity contribution >= 4 is 17.6 Å². The first kappa shape index (κ1) is 10.8. The van der Waals surface area contributed by atoms with Crippen molar-refractivity contribution in [3.05, 3.63) is 0 Å². The maximum atomic E-state index is 11.0. The van der Waals surface area contributed by atoms with E-state index in [9.17, 15) is 4.79 Å². The van der Waals surface area contributed by atoms with Crippen molar-refractivity contribution < 1.29 is 9.53 Å². The van der Waals surface area contributed by atoms with Crippen LogP contribution >= 0.6 is 11.6 Å².